The number of carbonyl (C=O) groups excluding carboxylic acids is 1. The van der Waals surface area contributed by atoms with Gasteiger partial charge < -0.3 is 5.32 Å². The fourth-order valence-electron chi connectivity index (χ4n) is 4.31. The summed E-state index contributed by atoms with van der Waals surface area (Å²) in [4.78, 5) is 13.4. The number of nitrogens with one attached hydrogen (secondary N) is 1. The van der Waals surface area contributed by atoms with Gasteiger partial charge in [-0.25, -0.2) is 0 Å². The van der Waals surface area contributed by atoms with E-state index in [0.717, 1.165) is 18.4 Å². The maximum atomic E-state index is 13.4. The second-order valence-electron chi connectivity index (χ2n) is 8.67. The highest BCUT2D eigenvalue weighted by Crippen LogP contribution is 2.43. The van der Waals surface area contributed by atoms with E-state index in [9.17, 15) is 31.1 Å². The lowest BCUT2D eigenvalue weighted by molar-refractivity contribution is -0.143. The number of hydrogen-bond donors (Lipinski definition) is 1. The lowest BCUT2D eigenvalue weighted by Gasteiger charge is -2.39. The van der Waals surface area contributed by atoms with Crippen LogP contribution in [-0.4, -0.2) is 5.91 Å². The third-order valence-electron chi connectivity index (χ3n) is 6.35. The van der Waals surface area contributed by atoms with E-state index in [0.29, 0.717) is 30.9 Å². The molecule has 2 aromatic carbocycles. The minimum Gasteiger partial charge on any atom is -0.349 e. The molecular formula is C24H25F6NO. The average Bonchev–Trinajstić information content (AvgIpc) is 2.73. The first-order valence-electron chi connectivity index (χ1n) is 10.5. The summed E-state index contributed by atoms with van der Waals surface area (Å²) in [5.74, 6) is 0.0592. The molecule has 2 nitrogen and oxygen atoms in total. The molecule has 3 rings (SSSR count). The Kier molecular flexibility index (Phi) is 6.63. The van der Waals surface area contributed by atoms with Crippen molar-refractivity contribution in [3.05, 3.63) is 70.8 Å². The van der Waals surface area contributed by atoms with E-state index in [1.54, 1.807) is 0 Å². The van der Waals surface area contributed by atoms with Crippen LogP contribution >= 0.6 is 0 Å². The summed E-state index contributed by atoms with van der Waals surface area (Å²) in [5, 5.41) is 2.70. The van der Waals surface area contributed by atoms with Crippen LogP contribution in [0.15, 0.2) is 48.5 Å². The van der Waals surface area contributed by atoms with E-state index in [2.05, 4.69) is 12.2 Å². The summed E-state index contributed by atoms with van der Waals surface area (Å²) in [6.07, 6.45) is -7.15. The molecule has 0 aromatic heterocycles. The van der Waals surface area contributed by atoms with Gasteiger partial charge in [0.2, 0.25) is 5.91 Å². The summed E-state index contributed by atoms with van der Waals surface area (Å²) in [6.45, 7) is 3.49. The SMILES string of the molecule is CC1CCC(C(=O)NC(C)c2cc(C(F)(F)F)cc(C(F)(F)F)c2)(c2ccccc2)CC1. The van der Waals surface area contributed by atoms with Gasteiger partial charge in [0.05, 0.1) is 22.6 Å². The number of benzene rings is 2. The van der Waals surface area contributed by atoms with Crippen LogP contribution in [0.4, 0.5) is 26.3 Å². The van der Waals surface area contributed by atoms with Crippen molar-refractivity contribution in [3.8, 4) is 0 Å². The zero-order valence-corrected chi connectivity index (χ0v) is 17.8. The van der Waals surface area contributed by atoms with E-state index in [4.69, 9.17) is 0 Å². The van der Waals surface area contributed by atoms with E-state index in [1.165, 1.54) is 6.92 Å². The van der Waals surface area contributed by atoms with Crippen LogP contribution in [0.3, 0.4) is 0 Å². The van der Waals surface area contributed by atoms with E-state index in [1.807, 2.05) is 30.3 Å². The highest BCUT2D eigenvalue weighted by atomic mass is 19.4. The van der Waals surface area contributed by atoms with Crippen molar-refractivity contribution in [1.29, 1.82) is 0 Å². The van der Waals surface area contributed by atoms with Crippen LogP contribution in [0.5, 0.6) is 0 Å². The Morgan fingerprint density at radius 1 is 0.938 bits per heavy atom. The van der Waals surface area contributed by atoms with Gasteiger partial charge in [0, 0.05) is 0 Å². The van der Waals surface area contributed by atoms with Crippen LogP contribution in [0.25, 0.3) is 0 Å². The number of rotatable bonds is 4. The van der Waals surface area contributed by atoms with Crippen molar-refractivity contribution >= 4 is 5.91 Å². The van der Waals surface area contributed by atoms with Crippen LogP contribution < -0.4 is 5.32 Å². The Morgan fingerprint density at radius 3 is 1.91 bits per heavy atom. The standard InChI is InChI=1S/C24H25F6NO/c1-15-8-10-22(11-9-15,18-6-4-3-5-7-18)21(32)31-16(2)17-12-19(23(25,26)27)14-20(13-17)24(28,29)30/h3-7,12-16H,8-11H2,1-2H3,(H,31,32). The molecule has 1 fully saturated rings. The Hall–Kier alpha value is -2.51. The molecule has 2 aromatic rings. The van der Waals surface area contributed by atoms with Crippen molar-refractivity contribution in [2.24, 2.45) is 5.92 Å². The van der Waals surface area contributed by atoms with Crippen molar-refractivity contribution in [3.63, 3.8) is 0 Å². The van der Waals surface area contributed by atoms with Crippen molar-refractivity contribution in [2.75, 3.05) is 0 Å². The maximum Gasteiger partial charge on any atom is 0.416 e. The molecule has 1 amide bonds. The molecule has 32 heavy (non-hydrogen) atoms. The van der Waals surface area contributed by atoms with Crippen molar-refractivity contribution in [1.82, 2.24) is 5.32 Å². The highest BCUT2D eigenvalue weighted by Gasteiger charge is 2.43. The number of halogens is 6. The van der Waals surface area contributed by atoms with Crippen LogP contribution in [0.1, 0.15) is 67.8 Å². The fraction of sp³-hybridized carbons (Fsp3) is 0.458. The Balaban J connectivity index is 1.94. The minimum absolute atomic E-state index is 0.0893. The predicted molar refractivity (Wildman–Crippen MR) is 109 cm³/mol. The number of carbonyl (C=O) groups is 1. The molecule has 1 saturated carbocycles. The van der Waals surface area contributed by atoms with Gasteiger partial charge in [-0.1, -0.05) is 37.3 Å². The van der Waals surface area contributed by atoms with E-state index >= 15 is 0 Å². The quantitative estimate of drug-likeness (QED) is 0.490. The lowest BCUT2D eigenvalue weighted by Crippen LogP contribution is -2.47. The average molecular weight is 457 g/mol. The molecule has 1 unspecified atom stereocenters. The Bertz CT molecular complexity index is 911. The Morgan fingerprint density at radius 2 is 1.44 bits per heavy atom. The molecule has 1 atom stereocenters. The van der Waals surface area contributed by atoms with E-state index < -0.39 is 34.9 Å². The maximum absolute atomic E-state index is 13.4. The highest BCUT2D eigenvalue weighted by molar-refractivity contribution is 5.88. The summed E-state index contributed by atoms with van der Waals surface area (Å²) in [7, 11) is 0. The van der Waals surface area contributed by atoms with Gasteiger partial charge in [0.25, 0.3) is 0 Å². The molecule has 8 heteroatoms. The van der Waals surface area contributed by atoms with Crippen molar-refractivity contribution < 1.29 is 31.1 Å². The molecule has 1 N–H and O–H groups in total. The first kappa shape index (κ1) is 24.1. The second kappa shape index (κ2) is 8.79. The van der Waals surface area contributed by atoms with Gasteiger partial charge in [-0.15, -0.1) is 0 Å². The zero-order chi connectivity index (χ0) is 23.7. The minimum atomic E-state index is -4.94. The number of amides is 1. The smallest absolute Gasteiger partial charge is 0.349 e. The molecule has 0 bridgehead atoms. The molecule has 1 aliphatic carbocycles. The molecule has 174 valence electrons. The summed E-state index contributed by atoms with van der Waals surface area (Å²) in [6, 6.07) is 9.51. The molecule has 0 heterocycles. The van der Waals surface area contributed by atoms with Gasteiger partial charge in [-0.05, 0) is 67.9 Å². The third-order valence-corrected chi connectivity index (χ3v) is 6.35. The molecule has 0 aliphatic heterocycles. The second-order valence-corrected chi connectivity index (χ2v) is 8.67. The normalized spacial score (nSPS) is 22.9. The monoisotopic (exact) mass is 457 g/mol. The van der Waals surface area contributed by atoms with E-state index in [-0.39, 0.29) is 17.5 Å². The summed E-state index contributed by atoms with van der Waals surface area (Å²) in [5.41, 5.74) is -3.10. The predicted octanol–water partition coefficient (Wildman–Crippen LogP) is 7.05. The number of hydrogen-bond acceptors (Lipinski definition) is 1. The van der Waals surface area contributed by atoms with Gasteiger partial charge in [-0.3, -0.25) is 4.79 Å². The van der Waals surface area contributed by atoms with Gasteiger partial charge >= 0.3 is 12.4 Å². The first-order chi connectivity index (χ1) is 14.8. The van der Waals surface area contributed by atoms with Crippen molar-refractivity contribution in [2.45, 2.75) is 63.3 Å². The van der Waals surface area contributed by atoms with Crippen LogP contribution in [-0.2, 0) is 22.6 Å². The summed E-state index contributed by atoms with van der Waals surface area (Å²) >= 11 is 0. The molecule has 0 spiro atoms. The lowest BCUT2D eigenvalue weighted by atomic mass is 9.66. The van der Waals surface area contributed by atoms with Gasteiger partial charge in [-0.2, -0.15) is 26.3 Å². The van der Waals surface area contributed by atoms with Crippen LogP contribution in [0, 0.1) is 5.92 Å². The fourth-order valence-corrected chi connectivity index (χ4v) is 4.31. The Labute approximate surface area is 183 Å². The molecule has 0 radical (unpaired) electrons. The van der Waals surface area contributed by atoms with Crippen LogP contribution in [0.2, 0.25) is 0 Å². The number of alkyl halides is 6. The molecule has 0 saturated heterocycles. The van der Waals surface area contributed by atoms with Gasteiger partial charge in [0.15, 0.2) is 0 Å². The topological polar surface area (TPSA) is 29.1 Å². The first-order valence-corrected chi connectivity index (χ1v) is 10.5. The zero-order valence-electron chi connectivity index (χ0n) is 17.8. The van der Waals surface area contributed by atoms with Gasteiger partial charge in [0.1, 0.15) is 0 Å². The largest absolute Gasteiger partial charge is 0.416 e. The molecular weight excluding hydrogens is 432 g/mol. The molecule has 1 aliphatic rings. The third kappa shape index (κ3) is 5.10. The summed E-state index contributed by atoms with van der Waals surface area (Å²) < 4.78 is 79.3.